The molecule has 0 aliphatic heterocycles. The van der Waals surface area contributed by atoms with Gasteiger partial charge in [-0.2, -0.15) is 13.2 Å². The molecule has 0 heterocycles. The molecule has 0 aromatic heterocycles. The summed E-state index contributed by atoms with van der Waals surface area (Å²) in [5.41, 5.74) is 0.134. The Labute approximate surface area is 178 Å². The predicted octanol–water partition coefficient (Wildman–Crippen LogP) is 5.77. The van der Waals surface area contributed by atoms with Gasteiger partial charge in [-0.3, -0.25) is 4.79 Å². The van der Waals surface area contributed by atoms with Gasteiger partial charge >= 0.3 is 6.18 Å². The van der Waals surface area contributed by atoms with Gasteiger partial charge in [0.2, 0.25) is 0 Å². The fraction of sp³-hybridized carbons (Fsp3) is 0.409. The van der Waals surface area contributed by atoms with E-state index in [2.05, 4.69) is 10.6 Å². The molecule has 1 fully saturated rings. The van der Waals surface area contributed by atoms with E-state index >= 15 is 0 Å². The van der Waals surface area contributed by atoms with Gasteiger partial charge in [-0.1, -0.05) is 17.7 Å². The van der Waals surface area contributed by atoms with Gasteiger partial charge in [-0.15, -0.1) is 0 Å². The van der Waals surface area contributed by atoms with E-state index in [1.165, 1.54) is 12.1 Å². The molecular formula is C22H24ClF3N2O2. The van der Waals surface area contributed by atoms with E-state index in [1.54, 1.807) is 7.11 Å². The van der Waals surface area contributed by atoms with Crippen molar-refractivity contribution in [2.24, 2.45) is 5.92 Å². The van der Waals surface area contributed by atoms with E-state index in [4.69, 9.17) is 16.3 Å². The molecule has 2 N–H and O–H groups in total. The molecule has 1 aliphatic carbocycles. The van der Waals surface area contributed by atoms with E-state index in [0.717, 1.165) is 50.0 Å². The molecule has 2 aromatic rings. The van der Waals surface area contributed by atoms with Crippen LogP contribution in [0.3, 0.4) is 0 Å². The number of halogens is 4. The Morgan fingerprint density at radius 3 is 2.50 bits per heavy atom. The summed E-state index contributed by atoms with van der Waals surface area (Å²) in [4.78, 5) is 12.4. The summed E-state index contributed by atoms with van der Waals surface area (Å²) in [5.74, 6) is 0.613. The smallest absolute Gasteiger partial charge is 0.416 e. The van der Waals surface area contributed by atoms with Crippen molar-refractivity contribution in [1.29, 1.82) is 0 Å². The van der Waals surface area contributed by atoms with Crippen molar-refractivity contribution in [2.45, 2.75) is 37.9 Å². The average molecular weight is 441 g/mol. The van der Waals surface area contributed by atoms with Crippen LogP contribution in [0.15, 0.2) is 42.5 Å². The highest BCUT2D eigenvalue weighted by atomic mass is 35.5. The first kappa shape index (κ1) is 22.3. The molecule has 0 bridgehead atoms. The Morgan fingerprint density at radius 1 is 1.13 bits per heavy atom. The van der Waals surface area contributed by atoms with E-state index in [9.17, 15) is 18.0 Å². The number of anilines is 1. The molecule has 0 atom stereocenters. The first-order valence-electron chi connectivity index (χ1n) is 9.82. The van der Waals surface area contributed by atoms with Crippen LogP contribution in [0.5, 0.6) is 5.75 Å². The van der Waals surface area contributed by atoms with Gasteiger partial charge in [0.15, 0.2) is 0 Å². The lowest BCUT2D eigenvalue weighted by Crippen LogP contribution is -2.38. The molecule has 0 saturated heterocycles. The molecule has 2 aromatic carbocycles. The highest BCUT2D eigenvalue weighted by Crippen LogP contribution is 2.31. The van der Waals surface area contributed by atoms with Crippen molar-refractivity contribution < 1.29 is 22.7 Å². The summed E-state index contributed by atoms with van der Waals surface area (Å²) in [7, 11) is 1.57. The minimum atomic E-state index is -4.46. The van der Waals surface area contributed by atoms with Crippen LogP contribution < -0.4 is 15.4 Å². The second kappa shape index (κ2) is 9.60. The summed E-state index contributed by atoms with van der Waals surface area (Å²) in [5, 5.41) is 6.79. The number of ether oxygens (including phenoxy) is 1. The monoisotopic (exact) mass is 440 g/mol. The van der Waals surface area contributed by atoms with Crippen LogP contribution in [0.2, 0.25) is 5.02 Å². The van der Waals surface area contributed by atoms with Crippen LogP contribution in [0.4, 0.5) is 18.9 Å². The summed E-state index contributed by atoms with van der Waals surface area (Å²) < 4.78 is 43.7. The second-order valence-corrected chi connectivity index (χ2v) is 7.91. The highest BCUT2D eigenvalue weighted by molar-refractivity contribution is 6.32. The van der Waals surface area contributed by atoms with Gasteiger partial charge in [0.1, 0.15) is 5.75 Å². The number of carbonyl (C=O) groups is 1. The van der Waals surface area contributed by atoms with E-state index < -0.39 is 17.6 Å². The molecule has 8 heteroatoms. The predicted molar refractivity (Wildman–Crippen MR) is 111 cm³/mol. The third kappa shape index (κ3) is 5.81. The van der Waals surface area contributed by atoms with E-state index in [0.29, 0.717) is 16.7 Å². The molecule has 162 valence electrons. The first-order valence-corrected chi connectivity index (χ1v) is 10.2. The molecular weight excluding hydrogens is 417 g/mol. The minimum Gasteiger partial charge on any atom is -0.495 e. The van der Waals surface area contributed by atoms with Gasteiger partial charge in [-0.05, 0) is 68.0 Å². The Hall–Kier alpha value is -2.41. The zero-order chi connectivity index (χ0) is 21.7. The SMILES string of the molecule is COc1ccc(NC[C@H]2CC[C@H](NC(=O)c3cccc(C(F)(F)F)c3)CC2)cc1Cl. The van der Waals surface area contributed by atoms with Crippen LogP contribution in [-0.4, -0.2) is 25.6 Å². The zero-order valence-corrected chi connectivity index (χ0v) is 17.3. The highest BCUT2D eigenvalue weighted by Gasteiger charge is 2.31. The lowest BCUT2D eigenvalue weighted by Gasteiger charge is -2.29. The lowest BCUT2D eigenvalue weighted by atomic mass is 9.86. The van der Waals surface area contributed by atoms with Crippen LogP contribution in [0.25, 0.3) is 0 Å². The maximum atomic E-state index is 12.8. The number of benzene rings is 2. The topological polar surface area (TPSA) is 50.4 Å². The third-order valence-electron chi connectivity index (χ3n) is 5.38. The maximum absolute atomic E-state index is 12.8. The number of amides is 1. The number of hydrogen-bond donors (Lipinski definition) is 2. The van der Waals surface area contributed by atoms with Gasteiger partial charge in [0.05, 0.1) is 17.7 Å². The zero-order valence-electron chi connectivity index (χ0n) is 16.6. The van der Waals surface area contributed by atoms with Crippen LogP contribution in [0.1, 0.15) is 41.6 Å². The van der Waals surface area contributed by atoms with Crippen LogP contribution in [-0.2, 0) is 6.18 Å². The molecule has 0 unspecified atom stereocenters. The summed E-state index contributed by atoms with van der Waals surface area (Å²) in [6.07, 6.45) is -1.04. The van der Waals surface area contributed by atoms with Gasteiger partial charge in [0, 0.05) is 23.8 Å². The number of alkyl halides is 3. The number of rotatable bonds is 6. The van der Waals surface area contributed by atoms with Crippen molar-refractivity contribution in [1.82, 2.24) is 5.32 Å². The quantitative estimate of drug-likeness (QED) is 0.599. The number of hydrogen-bond acceptors (Lipinski definition) is 3. The van der Waals surface area contributed by atoms with Crippen molar-refractivity contribution >= 4 is 23.2 Å². The van der Waals surface area contributed by atoms with Crippen molar-refractivity contribution in [3.05, 3.63) is 58.6 Å². The average Bonchev–Trinajstić information content (AvgIpc) is 2.73. The van der Waals surface area contributed by atoms with Crippen molar-refractivity contribution in [2.75, 3.05) is 19.0 Å². The molecule has 0 spiro atoms. The van der Waals surface area contributed by atoms with Crippen LogP contribution >= 0.6 is 11.6 Å². The fourth-order valence-corrected chi connectivity index (χ4v) is 3.91. The maximum Gasteiger partial charge on any atom is 0.416 e. The molecule has 0 radical (unpaired) electrons. The van der Waals surface area contributed by atoms with E-state index in [-0.39, 0.29) is 11.6 Å². The molecule has 3 rings (SSSR count). The third-order valence-corrected chi connectivity index (χ3v) is 5.68. The molecule has 1 saturated carbocycles. The number of carbonyl (C=O) groups excluding carboxylic acids is 1. The summed E-state index contributed by atoms with van der Waals surface area (Å²) in [6.45, 7) is 0.789. The van der Waals surface area contributed by atoms with Gasteiger partial charge < -0.3 is 15.4 Å². The normalized spacial score (nSPS) is 19.2. The lowest BCUT2D eigenvalue weighted by molar-refractivity contribution is -0.137. The summed E-state index contributed by atoms with van der Waals surface area (Å²) in [6, 6.07) is 10.0. The molecule has 30 heavy (non-hydrogen) atoms. The first-order chi connectivity index (χ1) is 14.3. The van der Waals surface area contributed by atoms with Crippen molar-refractivity contribution in [3.63, 3.8) is 0 Å². The molecule has 4 nitrogen and oxygen atoms in total. The van der Waals surface area contributed by atoms with Crippen LogP contribution in [0, 0.1) is 5.92 Å². The van der Waals surface area contributed by atoms with E-state index in [1.807, 2.05) is 18.2 Å². The number of methoxy groups -OCH3 is 1. The van der Waals surface area contributed by atoms with Gasteiger partial charge in [-0.25, -0.2) is 0 Å². The largest absolute Gasteiger partial charge is 0.495 e. The fourth-order valence-electron chi connectivity index (χ4n) is 3.65. The minimum absolute atomic E-state index is 0.0290. The molecule has 1 amide bonds. The summed E-state index contributed by atoms with van der Waals surface area (Å²) >= 11 is 6.14. The second-order valence-electron chi connectivity index (χ2n) is 7.50. The Balaban J connectivity index is 1.46. The Morgan fingerprint density at radius 2 is 1.87 bits per heavy atom. The standard InChI is InChI=1S/C22H24ClF3N2O2/c1-30-20-10-9-18(12-19(20)23)27-13-14-5-7-17(8-6-14)28-21(29)15-3-2-4-16(11-15)22(24,25)26/h2-4,9-12,14,17,27H,5-8,13H2,1H3,(H,28,29)/t14-,17-. The van der Waals surface area contributed by atoms with Gasteiger partial charge in [0.25, 0.3) is 5.91 Å². The number of nitrogens with one attached hydrogen (secondary N) is 2. The van der Waals surface area contributed by atoms with Crippen molar-refractivity contribution in [3.8, 4) is 5.75 Å². The Bertz CT molecular complexity index is 881. The Kier molecular flexibility index (Phi) is 7.13. The molecule has 1 aliphatic rings.